The molecule has 0 bridgehead atoms. The highest BCUT2D eigenvalue weighted by atomic mass is 16.7. The molecule has 1 rings (SSSR count). The van der Waals surface area contributed by atoms with Gasteiger partial charge in [0.1, 0.15) is 6.10 Å². The number of allylic oxidation sites excluding steroid dienone is 3. The first-order valence-electron chi connectivity index (χ1n) is 12.1. The van der Waals surface area contributed by atoms with Crippen LogP contribution in [0.4, 0.5) is 0 Å². The summed E-state index contributed by atoms with van der Waals surface area (Å²) in [6, 6.07) is 0. The summed E-state index contributed by atoms with van der Waals surface area (Å²) < 4.78 is 17.7. The van der Waals surface area contributed by atoms with E-state index in [0.29, 0.717) is 0 Å². The molecule has 6 nitrogen and oxygen atoms in total. The third-order valence-electron chi connectivity index (χ3n) is 7.18. The molecule has 0 radical (unpaired) electrons. The van der Waals surface area contributed by atoms with Gasteiger partial charge >= 0.3 is 0 Å². The van der Waals surface area contributed by atoms with E-state index in [-0.39, 0.29) is 24.4 Å². The van der Waals surface area contributed by atoms with Crippen molar-refractivity contribution in [3.05, 3.63) is 23.8 Å². The van der Waals surface area contributed by atoms with Crippen molar-refractivity contribution in [3.8, 4) is 0 Å². The summed E-state index contributed by atoms with van der Waals surface area (Å²) in [4.78, 5) is 0. The van der Waals surface area contributed by atoms with Crippen LogP contribution in [0.15, 0.2) is 23.8 Å². The molecular formula is C26H48O6. The maximum absolute atomic E-state index is 11.2. The van der Waals surface area contributed by atoms with E-state index < -0.39 is 42.0 Å². The summed E-state index contributed by atoms with van der Waals surface area (Å²) >= 11 is 0. The largest absolute Gasteiger partial charge is 0.393 e. The van der Waals surface area contributed by atoms with Gasteiger partial charge in [-0.15, -0.1) is 0 Å². The van der Waals surface area contributed by atoms with Crippen LogP contribution in [0.2, 0.25) is 0 Å². The standard InChI is InChI=1S/C26H48O6/c1-10-12-17(4)13-11-14-22(30-8)24(29)19(6)23(28)20(7)26(31-9)15-21(27)18(5)25(32-26)16(2)3/h11,13-14,16,18-25,27-29H,10,12,15H2,1-9H3/b14-11+,17-13+/t18-,19-,20-,21+,22-,23+,24+,25+,26+/m0/s1. The van der Waals surface area contributed by atoms with E-state index in [0.717, 1.165) is 12.8 Å². The minimum atomic E-state index is -1.13. The first-order valence-corrected chi connectivity index (χ1v) is 12.1. The lowest BCUT2D eigenvalue weighted by molar-refractivity contribution is -0.338. The van der Waals surface area contributed by atoms with Gasteiger partial charge in [0, 0.05) is 38.4 Å². The monoisotopic (exact) mass is 456 g/mol. The zero-order valence-corrected chi connectivity index (χ0v) is 21.6. The number of aliphatic hydroxyl groups is 3. The van der Waals surface area contributed by atoms with Crippen LogP contribution in [-0.4, -0.2) is 65.8 Å². The van der Waals surface area contributed by atoms with Gasteiger partial charge in [0.05, 0.1) is 24.4 Å². The molecule has 0 unspecified atom stereocenters. The number of aliphatic hydroxyl groups excluding tert-OH is 3. The molecule has 1 heterocycles. The molecule has 0 aromatic heterocycles. The quantitative estimate of drug-likeness (QED) is 0.384. The van der Waals surface area contributed by atoms with Gasteiger partial charge in [0.2, 0.25) is 0 Å². The highest BCUT2D eigenvalue weighted by molar-refractivity contribution is 5.12. The molecule has 1 aliphatic rings. The minimum Gasteiger partial charge on any atom is -0.393 e. The second-order valence-corrected chi connectivity index (χ2v) is 9.95. The van der Waals surface area contributed by atoms with Crippen molar-refractivity contribution in [1.29, 1.82) is 0 Å². The van der Waals surface area contributed by atoms with Crippen LogP contribution in [-0.2, 0) is 14.2 Å². The SMILES string of the molecule is CCC/C(C)=C/C=C/[C@H](OC)[C@H](O)[C@@H](C)[C@@H](O)[C@H](C)[C@@]1(OC)C[C@@H](O)[C@H](C)[C@@H](C(C)C)O1. The molecule has 0 aliphatic carbocycles. The molecule has 1 aliphatic heterocycles. The summed E-state index contributed by atoms with van der Waals surface area (Å²) in [7, 11) is 3.10. The predicted molar refractivity (Wildman–Crippen MR) is 128 cm³/mol. The van der Waals surface area contributed by atoms with E-state index in [1.54, 1.807) is 21.1 Å². The maximum atomic E-state index is 11.2. The van der Waals surface area contributed by atoms with Crippen LogP contribution in [0.25, 0.3) is 0 Å². The predicted octanol–water partition coefficient (Wildman–Crippen LogP) is 4.08. The van der Waals surface area contributed by atoms with Gasteiger partial charge < -0.3 is 29.5 Å². The Morgan fingerprint density at radius 3 is 2.28 bits per heavy atom. The van der Waals surface area contributed by atoms with Gasteiger partial charge in [-0.2, -0.15) is 0 Å². The fourth-order valence-electron chi connectivity index (χ4n) is 4.79. The van der Waals surface area contributed by atoms with E-state index in [4.69, 9.17) is 14.2 Å². The topological polar surface area (TPSA) is 88.4 Å². The highest BCUT2D eigenvalue weighted by Crippen LogP contribution is 2.43. The molecule has 0 spiro atoms. The van der Waals surface area contributed by atoms with Crippen LogP contribution in [0.3, 0.4) is 0 Å². The Labute approximate surface area is 195 Å². The third-order valence-corrected chi connectivity index (χ3v) is 7.18. The molecule has 1 saturated heterocycles. The molecule has 0 saturated carbocycles. The third kappa shape index (κ3) is 7.12. The fourth-order valence-corrected chi connectivity index (χ4v) is 4.79. The van der Waals surface area contributed by atoms with E-state index in [2.05, 4.69) is 27.7 Å². The second kappa shape index (κ2) is 13.2. The van der Waals surface area contributed by atoms with Crippen LogP contribution in [0.1, 0.15) is 67.7 Å². The Kier molecular flexibility index (Phi) is 12.1. The number of hydrogen-bond acceptors (Lipinski definition) is 6. The molecule has 6 heteroatoms. The Hall–Kier alpha value is -0.760. The second-order valence-electron chi connectivity index (χ2n) is 9.95. The van der Waals surface area contributed by atoms with Crippen molar-refractivity contribution >= 4 is 0 Å². The lowest BCUT2D eigenvalue weighted by atomic mass is 9.76. The van der Waals surface area contributed by atoms with Gasteiger partial charge in [0.15, 0.2) is 5.79 Å². The lowest BCUT2D eigenvalue weighted by Crippen LogP contribution is -2.59. The van der Waals surface area contributed by atoms with Crippen LogP contribution >= 0.6 is 0 Å². The van der Waals surface area contributed by atoms with Crippen LogP contribution in [0, 0.1) is 23.7 Å². The number of ether oxygens (including phenoxy) is 3. The van der Waals surface area contributed by atoms with Crippen LogP contribution in [0.5, 0.6) is 0 Å². The summed E-state index contributed by atoms with van der Waals surface area (Å²) in [5.74, 6) is -1.96. The molecular weight excluding hydrogens is 408 g/mol. The zero-order chi connectivity index (χ0) is 24.6. The van der Waals surface area contributed by atoms with Gasteiger partial charge in [0.25, 0.3) is 0 Å². The van der Waals surface area contributed by atoms with Crippen molar-refractivity contribution in [2.75, 3.05) is 14.2 Å². The van der Waals surface area contributed by atoms with Gasteiger partial charge in [-0.05, 0) is 19.3 Å². The molecule has 32 heavy (non-hydrogen) atoms. The maximum Gasteiger partial charge on any atom is 0.175 e. The lowest BCUT2D eigenvalue weighted by Gasteiger charge is -2.51. The Balaban J connectivity index is 3.01. The van der Waals surface area contributed by atoms with E-state index in [9.17, 15) is 15.3 Å². The minimum absolute atomic E-state index is 0.0298. The summed E-state index contributed by atoms with van der Waals surface area (Å²) in [6.07, 6.45) is 4.92. The molecule has 188 valence electrons. The molecule has 1 fully saturated rings. The molecule has 9 atom stereocenters. The van der Waals surface area contributed by atoms with Gasteiger partial charge in [-0.25, -0.2) is 0 Å². The van der Waals surface area contributed by atoms with Crippen LogP contribution < -0.4 is 0 Å². The van der Waals surface area contributed by atoms with E-state index >= 15 is 0 Å². The molecule has 3 N–H and O–H groups in total. The highest BCUT2D eigenvalue weighted by Gasteiger charge is 2.52. The summed E-state index contributed by atoms with van der Waals surface area (Å²) in [5.41, 5.74) is 1.26. The van der Waals surface area contributed by atoms with Crippen molar-refractivity contribution < 1.29 is 29.5 Å². The van der Waals surface area contributed by atoms with E-state index in [1.807, 2.05) is 32.1 Å². The Morgan fingerprint density at radius 2 is 1.78 bits per heavy atom. The number of hydrogen-bond donors (Lipinski definition) is 3. The normalized spacial score (nSPS) is 32.2. The van der Waals surface area contributed by atoms with E-state index in [1.165, 1.54) is 5.57 Å². The number of rotatable bonds is 12. The van der Waals surface area contributed by atoms with Crippen molar-refractivity contribution in [3.63, 3.8) is 0 Å². The summed E-state index contributed by atoms with van der Waals surface area (Å²) in [6.45, 7) is 14.0. The van der Waals surface area contributed by atoms with Crippen molar-refractivity contribution in [1.82, 2.24) is 0 Å². The zero-order valence-electron chi connectivity index (χ0n) is 21.6. The first kappa shape index (κ1) is 29.3. The van der Waals surface area contributed by atoms with Crippen molar-refractivity contribution in [2.24, 2.45) is 23.7 Å². The van der Waals surface area contributed by atoms with Gasteiger partial charge in [-0.1, -0.05) is 71.8 Å². The number of methoxy groups -OCH3 is 2. The first-order chi connectivity index (χ1) is 14.9. The van der Waals surface area contributed by atoms with Gasteiger partial charge in [-0.3, -0.25) is 0 Å². The Morgan fingerprint density at radius 1 is 1.16 bits per heavy atom. The smallest absolute Gasteiger partial charge is 0.175 e. The fraction of sp³-hybridized carbons (Fsp3) is 0.846. The Bertz CT molecular complexity index is 603. The summed E-state index contributed by atoms with van der Waals surface area (Å²) in [5, 5.41) is 32.9. The average Bonchev–Trinajstić information content (AvgIpc) is 2.76. The average molecular weight is 457 g/mol. The molecule has 0 aromatic carbocycles. The molecule has 0 amide bonds. The van der Waals surface area contributed by atoms with Crippen molar-refractivity contribution in [2.45, 2.75) is 104 Å². The molecule has 0 aromatic rings.